The van der Waals surface area contributed by atoms with E-state index in [-0.39, 0.29) is 6.42 Å². The quantitative estimate of drug-likeness (QED) is 0.489. The maximum absolute atomic E-state index is 12.3. The van der Waals surface area contributed by atoms with Crippen molar-refractivity contribution in [1.29, 1.82) is 0 Å². The van der Waals surface area contributed by atoms with Gasteiger partial charge in [-0.05, 0) is 39.3 Å². The minimum Gasteiger partial charge on any atom is -0.333 e. The van der Waals surface area contributed by atoms with Crippen molar-refractivity contribution in [2.45, 2.75) is 84.1 Å². The molecule has 0 aromatic carbocycles. The van der Waals surface area contributed by atoms with Gasteiger partial charge in [-0.2, -0.15) is 0 Å². The number of aryl methyl sites for hydroxylation is 2. The van der Waals surface area contributed by atoms with Gasteiger partial charge in [0, 0.05) is 48.3 Å². The smallest absolute Gasteiger partial charge is 0.239 e. The Bertz CT molecular complexity index is 806. The van der Waals surface area contributed by atoms with Crippen molar-refractivity contribution < 1.29 is 13.6 Å². The van der Waals surface area contributed by atoms with Crippen LogP contribution in [0.5, 0.6) is 0 Å². The summed E-state index contributed by atoms with van der Waals surface area (Å²) in [5.74, 6) is 0.923. The molecule has 0 amide bonds. The van der Waals surface area contributed by atoms with E-state index in [1.807, 2.05) is 6.92 Å². The molecule has 0 radical (unpaired) electrons. The molecule has 2 N–H and O–H groups in total. The maximum Gasteiger partial charge on any atom is 0.239 e. The molecule has 3 heterocycles. The number of fused-ring (bicyclic) bond motifs is 1. The van der Waals surface area contributed by atoms with Crippen LogP contribution in [0.1, 0.15) is 70.4 Å². The second-order valence-electron chi connectivity index (χ2n) is 8.44. The van der Waals surface area contributed by atoms with E-state index in [9.17, 15) is 13.6 Å². The van der Waals surface area contributed by atoms with Crippen LogP contribution in [0, 0.1) is 12.8 Å². The summed E-state index contributed by atoms with van der Waals surface area (Å²) in [4.78, 5) is 23.5. The summed E-state index contributed by atoms with van der Waals surface area (Å²) in [5, 5.41) is 1.92. The normalized spacial score (nSPS) is 16.4. The predicted octanol–water partition coefficient (Wildman–Crippen LogP) is 5.44. The van der Waals surface area contributed by atoms with E-state index in [0.717, 1.165) is 52.3 Å². The molecule has 0 bridgehead atoms. The Balaban J connectivity index is 0.000000293. The lowest BCUT2D eigenvalue weighted by atomic mass is 9.87. The van der Waals surface area contributed by atoms with Gasteiger partial charge in [0.1, 0.15) is 6.29 Å². The van der Waals surface area contributed by atoms with Crippen molar-refractivity contribution in [3.63, 3.8) is 0 Å². The van der Waals surface area contributed by atoms with Gasteiger partial charge in [0.2, 0.25) is 6.43 Å². The van der Waals surface area contributed by atoms with Gasteiger partial charge in [-0.3, -0.25) is 4.90 Å². The van der Waals surface area contributed by atoms with Crippen LogP contribution in [0.25, 0.3) is 0 Å². The van der Waals surface area contributed by atoms with Gasteiger partial charge in [-0.25, -0.2) is 18.7 Å². The monoisotopic (exact) mass is 500 g/mol. The average Bonchev–Trinajstić information content (AvgIpc) is 3.44. The third-order valence-corrected chi connectivity index (χ3v) is 8.11. The molecule has 5 nitrogen and oxygen atoms in total. The van der Waals surface area contributed by atoms with E-state index in [4.69, 9.17) is 0 Å². The highest BCUT2D eigenvalue weighted by Gasteiger charge is 2.22. The van der Waals surface area contributed by atoms with Gasteiger partial charge in [0.25, 0.3) is 0 Å². The molecule has 4 rings (SSSR count). The number of nitrogens with zero attached hydrogens (tertiary/aromatic N) is 3. The van der Waals surface area contributed by atoms with E-state index in [1.165, 1.54) is 57.0 Å². The van der Waals surface area contributed by atoms with E-state index in [0.29, 0.717) is 12.8 Å². The molecule has 1 fully saturated rings. The molecule has 0 atom stereocenters. The van der Waals surface area contributed by atoms with Crippen LogP contribution >= 0.6 is 22.7 Å². The number of hydrogen-bond acceptors (Lipinski definition) is 7. The minimum absolute atomic E-state index is 0.0578. The molecule has 1 aliphatic carbocycles. The number of carbonyl (C=O) groups is 1. The van der Waals surface area contributed by atoms with Crippen LogP contribution in [0.15, 0.2) is 6.20 Å². The first-order chi connectivity index (χ1) is 16.0. The fourth-order valence-corrected chi connectivity index (χ4v) is 6.08. The second kappa shape index (κ2) is 15.6. The summed E-state index contributed by atoms with van der Waals surface area (Å²) in [5.41, 5.74) is 5.66. The Hall–Kier alpha value is -1.29. The fourth-order valence-electron chi connectivity index (χ4n) is 4.26. The van der Waals surface area contributed by atoms with Gasteiger partial charge in [0.05, 0.1) is 15.7 Å². The summed E-state index contributed by atoms with van der Waals surface area (Å²) >= 11 is 3.22. The molecule has 2 aromatic rings. The number of aromatic nitrogens is 2. The number of alkyl halides is 2. The van der Waals surface area contributed by atoms with Crippen LogP contribution in [-0.4, -0.2) is 47.7 Å². The van der Waals surface area contributed by atoms with Crippen LogP contribution in [0.4, 0.5) is 8.78 Å². The molecule has 186 valence electrons. The molecule has 2 aromatic heterocycles. The highest BCUT2D eigenvalue weighted by Crippen LogP contribution is 2.29. The number of nitrogens with two attached hydrogens (primary N) is 1. The van der Waals surface area contributed by atoms with Gasteiger partial charge in [-0.15, -0.1) is 22.7 Å². The minimum atomic E-state index is -2.21. The molecule has 2 aliphatic rings. The Labute approximate surface area is 204 Å². The third-order valence-electron chi connectivity index (χ3n) is 5.96. The zero-order valence-electron chi connectivity index (χ0n) is 19.9. The van der Waals surface area contributed by atoms with Crippen LogP contribution in [0.3, 0.4) is 0 Å². The summed E-state index contributed by atoms with van der Waals surface area (Å²) in [6, 6.07) is 0. The summed E-state index contributed by atoms with van der Waals surface area (Å²) < 4.78 is 24.6. The molecule has 1 saturated carbocycles. The first kappa shape index (κ1) is 28.0. The Kier molecular flexibility index (Phi) is 13.2. The lowest BCUT2D eigenvalue weighted by Crippen LogP contribution is -2.32. The van der Waals surface area contributed by atoms with Crippen molar-refractivity contribution in [3.05, 3.63) is 31.7 Å². The van der Waals surface area contributed by atoms with Crippen molar-refractivity contribution in [3.8, 4) is 0 Å². The Morgan fingerprint density at radius 2 is 2.00 bits per heavy atom. The topological polar surface area (TPSA) is 72.1 Å². The molecule has 0 unspecified atom stereocenters. The van der Waals surface area contributed by atoms with Gasteiger partial charge < -0.3 is 10.5 Å². The molecule has 1 aliphatic heterocycles. The average molecular weight is 501 g/mol. The highest BCUT2D eigenvalue weighted by atomic mass is 32.1. The first-order valence-corrected chi connectivity index (χ1v) is 13.6. The van der Waals surface area contributed by atoms with Crippen LogP contribution in [-0.2, 0) is 30.6 Å². The standard InChI is InChI=1S/C17H26F2N2S.C6H7NOS.CH5N/c18-16(19)6-7-17-20-14-12-21(11-9-15(14)22-17)10-8-13-4-2-1-3-5-13;1-5-7-4-6(9-5)2-3-8;1-2/h13,16H,1-12H2;3-4H,2H2,1H3;2H2,1H3. The largest absolute Gasteiger partial charge is 0.333 e. The predicted molar refractivity (Wildman–Crippen MR) is 133 cm³/mol. The zero-order chi connectivity index (χ0) is 24.1. The summed E-state index contributed by atoms with van der Waals surface area (Å²) in [6.45, 7) is 5.14. The summed E-state index contributed by atoms with van der Waals surface area (Å²) in [6.07, 6.45) is 10.7. The Morgan fingerprint density at radius 1 is 1.24 bits per heavy atom. The lowest BCUT2D eigenvalue weighted by Gasteiger charge is -2.29. The number of halogens is 2. The molecular formula is C24H38F2N4OS2. The van der Waals surface area contributed by atoms with E-state index >= 15 is 0 Å². The number of thiazole rings is 2. The first-order valence-electron chi connectivity index (χ1n) is 11.9. The van der Waals surface area contributed by atoms with E-state index in [1.54, 1.807) is 28.9 Å². The molecular weight excluding hydrogens is 462 g/mol. The number of hydrogen-bond donors (Lipinski definition) is 1. The van der Waals surface area contributed by atoms with E-state index in [2.05, 4.69) is 20.6 Å². The van der Waals surface area contributed by atoms with Crippen molar-refractivity contribution in [2.24, 2.45) is 11.7 Å². The Morgan fingerprint density at radius 3 is 2.64 bits per heavy atom. The fraction of sp³-hybridized carbons (Fsp3) is 0.708. The molecule has 33 heavy (non-hydrogen) atoms. The van der Waals surface area contributed by atoms with Gasteiger partial charge in [-0.1, -0.05) is 32.1 Å². The number of aldehydes is 1. The molecule has 0 spiro atoms. The summed E-state index contributed by atoms with van der Waals surface area (Å²) in [7, 11) is 1.50. The maximum atomic E-state index is 12.3. The van der Waals surface area contributed by atoms with Gasteiger partial charge >= 0.3 is 0 Å². The zero-order valence-corrected chi connectivity index (χ0v) is 21.5. The highest BCUT2D eigenvalue weighted by molar-refractivity contribution is 7.12. The van der Waals surface area contributed by atoms with Gasteiger partial charge in [0.15, 0.2) is 0 Å². The SMILES string of the molecule is CN.Cc1ncc(CC=O)s1.FC(F)CCc1nc2c(s1)CCN(CCC1CCCCC1)C2. The number of carbonyl (C=O) groups excluding carboxylic acids is 1. The number of rotatable bonds is 8. The second-order valence-corrected chi connectivity index (χ2v) is 10.9. The van der Waals surface area contributed by atoms with Crippen molar-refractivity contribution in [1.82, 2.24) is 14.9 Å². The van der Waals surface area contributed by atoms with E-state index < -0.39 is 6.43 Å². The molecule has 9 heteroatoms. The third kappa shape index (κ3) is 10.2. The molecule has 0 saturated heterocycles. The van der Waals surface area contributed by atoms with Crippen molar-refractivity contribution in [2.75, 3.05) is 20.1 Å². The van der Waals surface area contributed by atoms with Crippen LogP contribution in [0.2, 0.25) is 0 Å². The van der Waals surface area contributed by atoms with Crippen molar-refractivity contribution >= 4 is 29.0 Å². The van der Waals surface area contributed by atoms with Crippen LogP contribution < -0.4 is 5.73 Å². The lowest BCUT2D eigenvalue weighted by molar-refractivity contribution is -0.107.